The maximum Gasteiger partial charge on any atom is 0.231 e. The van der Waals surface area contributed by atoms with Crippen LogP contribution < -0.4 is 9.47 Å². The van der Waals surface area contributed by atoms with Crippen LogP contribution in [-0.2, 0) is 6.54 Å². The minimum absolute atomic E-state index is 0.327. The molecule has 5 heterocycles. The molecular formula is C23H26N2O3. The third kappa shape index (κ3) is 2.60. The quantitative estimate of drug-likeness (QED) is 0.889. The van der Waals surface area contributed by atoms with E-state index in [1.54, 1.807) is 6.07 Å². The molecule has 3 atom stereocenters. The van der Waals surface area contributed by atoms with Gasteiger partial charge in [-0.2, -0.15) is 0 Å². The molecule has 4 saturated heterocycles. The number of hydrogen-bond acceptors (Lipinski definition) is 5. The van der Waals surface area contributed by atoms with Gasteiger partial charge in [-0.25, -0.2) is 0 Å². The van der Waals surface area contributed by atoms with Crippen LogP contribution in [0, 0.1) is 5.92 Å². The smallest absolute Gasteiger partial charge is 0.231 e. The largest absolute Gasteiger partial charge is 0.508 e. The number of aromatic hydroxyl groups is 1. The van der Waals surface area contributed by atoms with Gasteiger partial charge >= 0.3 is 0 Å². The molecule has 5 heteroatoms. The van der Waals surface area contributed by atoms with E-state index in [2.05, 4.69) is 34.1 Å². The van der Waals surface area contributed by atoms with Crippen molar-refractivity contribution in [2.45, 2.75) is 37.4 Å². The fraction of sp³-hybridized carbons (Fsp3) is 0.478. The van der Waals surface area contributed by atoms with Gasteiger partial charge < -0.3 is 14.6 Å². The number of nitrogens with zero attached hydrogens (tertiary/aromatic N) is 2. The molecule has 0 spiro atoms. The molecule has 0 aromatic heterocycles. The predicted octanol–water partition coefficient (Wildman–Crippen LogP) is 3.18. The van der Waals surface area contributed by atoms with Crippen molar-refractivity contribution in [2.75, 3.05) is 26.4 Å². The van der Waals surface area contributed by atoms with Gasteiger partial charge in [-0.15, -0.1) is 0 Å². The average molecular weight is 378 g/mol. The first-order valence-electron chi connectivity index (χ1n) is 10.4. The third-order valence-electron chi connectivity index (χ3n) is 7.21. The lowest BCUT2D eigenvalue weighted by molar-refractivity contribution is -0.00870. The first-order valence-corrected chi connectivity index (χ1v) is 10.4. The van der Waals surface area contributed by atoms with E-state index < -0.39 is 0 Å². The minimum atomic E-state index is 0.327. The van der Waals surface area contributed by atoms with Gasteiger partial charge in [-0.1, -0.05) is 18.2 Å². The number of phenols is 1. The van der Waals surface area contributed by atoms with Gasteiger partial charge in [0.2, 0.25) is 6.79 Å². The van der Waals surface area contributed by atoms with Crippen molar-refractivity contribution < 1.29 is 14.6 Å². The molecule has 0 saturated carbocycles. The standard InChI is InChI=1S/C23H26N2O3/c26-18-3-1-2-15(10-18)12-25-13-19(17-4-5-20-21(11-17)28-14-27-20)23-22(25)16-6-8-24(23)9-7-16/h1-5,10-11,16,19,22-23,26H,6-9,12-14H2/t19-,22+,23+/m1/s1. The summed E-state index contributed by atoms with van der Waals surface area (Å²) in [4.78, 5) is 5.40. The molecule has 0 unspecified atom stereocenters. The molecule has 5 aliphatic rings. The molecule has 7 rings (SSSR count). The Bertz CT molecular complexity index is 893. The molecule has 0 aliphatic carbocycles. The highest BCUT2D eigenvalue weighted by molar-refractivity contribution is 5.46. The Kier molecular flexibility index (Phi) is 3.81. The molecule has 0 radical (unpaired) electrons. The van der Waals surface area contributed by atoms with Gasteiger partial charge in [-0.05, 0) is 67.2 Å². The average Bonchev–Trinajstić information content (AvgIpc) is 3.34. The van der Waals surface area contributed by atoms with Crippen molar-refractivity contribution in [3.05, 3.63) is 53.6 Å². The highest BCUT2D eigenvalue weighted by atomic mass is 16.7. The molecule has 2 bridgehead atoms. The summed E-state index contributed by atoms with van der Waals surface area (Å²) in [6.07, 6.45) is 2.62. The molecular weight excluding hydrogens is 352 g/mol. The van der Waals surface area contributed by atoms with Crippen molar-refractivity contribution in [3.8, 4) is 17.2 Å². The van der Waals surface area contributed by atoms with E-state index in [9.17, 15) is 5.11 Å². The zero-order valence-electron chi connectivity index (χ0n) is 16.0. The Morgan fingerprint density at radius 1 is 0.964 bits per heavy atom. The number of piperidine rings is 3. The summed E-state index contributed by atoms with van der Waals surface area (Å²) in [5, 5.41) is 9.89. The zero-order valence-corrected chi connectivity index (χ0v) is 16.0. The third-order valence-corrected chi connectivity index (χ3v) is 7.21. The van der Waals surface area contributed by atoms with Crippen molar-refractivity contribution in [3.63, 3.8) is 0 Å². The van der Waals surface area contributed by atoms with Crippen LogP contribution in [-0.4, -0.2) is 53.4 Å². The second-order valence-electron chi connectivity index (χ2n) is 8.67. The van der Waals surface area contributed by atoms with E-state index in [4.69, 9.17) is 9.47 Å². The van der Waals surface area contributed by atoms with Crippen LogP contribution in [0.1, 0.15) is 29.9 Å². The number of phenolic OH excluding ortho intramolecular Hbond substituents is 1. The Balaban J connectivity index is 1.34. The van der Waals surface area contributed by atoms with E-state index >= 15 is 0 Å². The predicted molar refractivity (Wildman–Crippen MR) is 106 cm³/mol. The molecule has 28 heavy (non-hydrogen) atoms. The van der Waals surface area contributed by atoms with Crippen LogP contribution in [0.4, 0.5) is 0 Å². The lowest BCUT2D eigenvalue weighted by Crippen LogP contribution is -2.59. The van der Waals surface area contributed by atoms with Crippen molar-refractivity contribution in [1.29, 1.82) is 0 Å². The molecule has 1 N–H and O–H groups in total. The Morgan fingerprint density at radius 3 is 2.68 bits per heavy atom. The van der Waals surface area contributed by atoms with Crippen LogP contribution in [0.15, 0.2) is 42.5 Å². The molecule has 2 aromatic rings. The number of ether oxygens (including phenoxy) is 2. The maximum absolute atomic E-state index is 9.89. The molecule has 5 aliphatic heterocycles. The fourth-order valence-electron chi connectivity index (χ4n) is 6.05. The van der Waals surface area contributed by atoms with Gasteiger partial charge in [0.15, 0.2) is 11.5 Å². The molecule has 4 fully saturated rings. The van der Waals surface area contributed by atoms with E-state index in [1.807, 2.05) is 12.1 Å². The number of benzene rings is 2. The van der Waals surface area contributed by atoms with Crippen molar-refractivity contribution >= 4 is 0 Å². The monoisotopic (exact) mass is 378 g/mol. The summed E-state index contributed by atoms with van der Waals surface area (Å²) in [5.41, 5.74) is 2.56. The number of likely N-dealkylation sites (tertiary alicyclic amines) is 1. The number of fused-ring (bicyclic) bond motifs is 3. The zero-order chi connectivity index (χ0) is 18.7. The second kappa shape index (κ2) is 6.39. The maximum atomic E-state index is 9.89. The summed E-state index contributed by atoms with van der Waals surface area (Å²) in [5.74, 6) is 3.37. The Morgan fingerprint density at radius 2 is 1.82 bits per heavy atom. The fourth-order valence-corrected chi connectivity index (χ4v) is 6.05. The van der Waals surface area contributed by atoms with E-state index in [-0.39, 0.29) is 0 Å². The van der Waals surface area contributed by atoms with Gasteiger partial charge in [0.1, 0.15) is 5.75 Å². The summed E-state index contributed by atoms with van der Waals surface area (Å²) in [6, 6.07) is 15.4. The summed E-state index contributed by atoms with van der Waals surface area (Å²) < 4.78 is 11.2. The van der Waals surface area contributed by atoms with Gasteiger partial charge in [0, 0.05) is 31.1 Å². The normalized spacial score (nSPS) is 33.2. The Hall–Kier alpha value is -2.24. The van der Waals surface area contributed by atoms with Crippen molar-refractivity contribution in [1.82, 2.24) is 9.80 Å². The van der Waals surface area contributed by atoms with E-state index in [0.29, 0.717) is 30.5 Å². The second-order valence-corrected chi connectivity index (χ2v) is 8.67. The van der Waals surface area contributed by atoms with E-state index in [0.717, 1.165) is 30.5 Å². The number of rotatable bonds is 3. The SMILES string of the molecule is Oc1cccc(CN2C[C@H](c3ccc4c(c3)OCO4)[C@H]3[C@@H]2C2CCN3CC2)c1. The summed E-state index contributed by atoms with van der Waals surface area (Å²) in [6.45, 7) is 4.74. The minimum Gasteiger partial charge on any atom is -0.508 e. The van der Waals surface area contributed by atoms with Gasteiger partial charge in [-0.3, -0.25) is 9.80 Å². The van der Waals surface area contributed by atoms with Crippen molar-refractivity contribution in [2.24, 2.45) is 5.92 Å². The van der Waals surface area contributed by atoms with Crippen LogP contribution in [0.5, 0.6) is 17.2 Å². The summed E-state index contributed by atoms with van der Waals surface area (Å²) in [7, 11) is 0. The Labute approximate surface area is 165 Å². The van der Waals surface area contributed by atoms with Crippen LogP contribution in [0.2, 0.25) is 0 Å². The molecule has 5 nitrogen and oxygen atoms in total. The first kappa shape index (κ1) is 16.7. The first-order chi connectivity index (χ1) is 13.8. The lowest BCUT2D eigenvalue weighted by atomic mass is 9.75. The van der Waals surface area contributed by atoms with Gasteiger partial charge in [0.25, 0.3) is 0 Å². The molecule has 2 aromatic carbocycles. The lowest BCUT2D eigenvalue weighted by Gasteiger charge is -2.51. The highest BCUT2D eigenvalue weighted by Crippen LogP contribution is 2.48. The highest BCUT2D eigenvalue weighted by Gasteiger charge is 2.53. The van der Waals surface area contributed by atoms with Crippen LogP contribution in [0.25, 0.3) is 0 Å². The van der Waals surface area contributed by atoms with Crippen LogP contribution in [0.3, 0.4) is 0 Å². The van der Waals surface area contributed by atoms with Gasteiger partial charge in [0.05, 0.1) is 0 Å². The van der Waals surface area contributed by atoms with E-state index in [1.165, 1.54) is 37.1 Å². The number of hydrogen-bond donors (Lipinski definition) is 1. The molecule has 146 valence electrons. The van der Waals surface area contributed by atoms with Crippen LogP contribution >= 0.6 is 0 Å². The summed E-state index contributed by atoms with van der Waals surface area (Å²) >= 11 is 0. The molecule has 0 amide bonds. The topological polar surface area (TPSA) is 45.2 Å².